The van der Waals surface area contributed by atoms with E-state index in [1.807, 2.05) is 0 Å². The number of nitrogens with two attached hydrogens (primary N) is 1. The second-order valence-electron chi connectivity index (χ2n) is 3.97. The molecular weight excluding hydrogens is 330 g/mol. The highest BCUT2D eigenvalue weighted by molar-refractivity contribution is 9.10. The van der Waals surface area contributed by atoms with Crippen LogP contribution in [0.15, 0.2) is 46.0 Å². The Bertz CT molecular complexity index is 717. The number of benzene rings is 1. The van der Waals surface area contributed by atoms with Gasteiger partial charge in [0.05, 0.1) is 10.6 Å². The van der Waals surface area contributed by atoms with E-state index < -0.39 is 10.0 Å². The van der Waals surface area contributed by atoms with Crippen LogP contribution in [0.1, 0.15) is 5.56 Å². The predicted octanol–water partition coefficient (Wildman–Crippen LogP) is 2.54. The average molecular weight is 342 g/mol. The summed E-state index contributed by atoms with van der Waals surface area (Å²) in [5.41, 5.74) is 7.33. The summed E-state index contributed by atoms with van der Waals surface area (Å²) < 4.78 is 27.3. The Hall–Kier alpha value is -1.60. The maximum absolute atomic E-state index is 12.2. The first kappa shape index (κ1) is 13.8. The molecule has 0 unspecified atom stereocenters. The number of anilines is 2. The fourth-order valence-electron chi connectivity index (χ4n) is 1.48. The fraction of sp³-hybridized carbons (Fsp3) is 0.0833. The number of aryl methyl sites for hydroxylation is 1. The van der Waals surface area contributed by atoms with E-state index in [-0.39, 0.29) is 4.90 Å². The van der Waals surface area contributed by atoms with Gasteiger partial charge in [-0.2, -0.15) is 0 Å². The van der Waals surface area contributed by atoms with E-state index in [4.69, 9.17) is 5.73 Å². The van der Waals surface area contributed by atoms with Gasteiger partial charge in [0, 0.05) is 11.9 Å². The summed E-state index contributed by atoms with van der Waals surface area (Å²) in [5, 5.41) is 0. The Labute approximate surface area is 120 Å². The van der Waals surface area contributed by atoms with Crippen LogP contribution in [-0.2, 0) is 10.0 Å². The average Bonchev–Trinajstić information content (AvgIpc) is 2.35. The third-order valence-electron chi connectivity index (χ3n) is 2.55. The molecule has 0 radical (unpaired) electrons. The first-order valence-corrected chi connectivity index (χ1v) is 7.67. The van der Waals surface area contributed by atoms with E-state index in [0.717, 1.165) is 0 Å². The van der Waals surface area contributed by atoms with Crippen molar-refractivity contribution >= 4 is 37.3 Å². The number of pyridine rings is 1. The third kappa shape index (κ3) is 3.05. The zero-order chi connectivity index (χ0) is 14.0. The van der Waals surface area contributed by atoms with E-state index in [1.165, 1.54) is 12.1 Å². The highest BCUT2D eigenvalue weighted by atomic mass is 79.9. The van der Waals surface area contributed by atoms with Gasteiger partial charge in [-0.25, -0.2) is 13.4 Å². The zero-order valence-electron chi connectivity index (χ0n) is 10.1. The molecule has 0 aliphatic carbocycles. The highest BCUT2D eigenvalue weighted by Gasteiger charge is 2.16. The van der Waals surface area contributed by atoms with E-state index >= 15 is 0 Å². The smallest absolute Gasteiger partial charge is 0.261 e. The van der Waals surface area contributed by atoms with Crippen LogP contribution in [0.4, 0.5) is 11.4 Å². The number of aromatic nitrogens is 1. The molecule has 7 heteroatoms. The van der Waals surface area contributed by atoms with E-state index in [0.29, 0.717) is 21.5 Å². The minimum atomic E-state index is -3.65. The number of nitrogens with zero attached hydrogens (tertiary/aromatic N) is 1. The number of hydrogen-bond donors (Lipinski definition) is 2. The van der Waals surface area contributed by atoms with Crippen LogP contribution < -0.4 is 10.5 Å². The lowest BCUT2D eigenvalue weighted by molar-refractivity contribution is 0.601. The van der Waals surface area contributed by atoms with Crippen molar-refractivity contribution in [2.45, 2.75) is 11.8 Å². The van der Waals surface area contributed by atoms with Crippen LogP contribution >= 0.6 is 15.9 Å². The molecule has 0 aliphatic rings. The second kappa shape index (κ2) is 5.18. The molecule has 100 valence electrons. The quantitative estimate of drug-likeness (QED) is 0.663. The summed E-state index contributed by atoms with van der Waals surface area (Å²) in [6.45, 7) is 1.76. The van der Waals surface area contributed by atoms with Crippen molar-refractivity contribution in [2.75, 3.05) is 10.5 Å². The van der Waals surface area contributed by atoms with Crippen LogP contribution in [0, 0.1) is 6.92 Å². The van der Waals surface area contributed by atoms with Gasteiger partial charge in [0.2, 0.25) is 0 Å². The Balaban J connectivity index is 2.38. The van der Waals surface area contributed by atoms with E-state index in [9.17, 15) is 8.42 Å². The van der Waals surface area contributed by atoms with E-state index in [1.54, 1.807) is 31.3 Å². The molecule has 1 aromatic heterocycles. The third-order valence-corrected chi connectivity index (χ3v) is 4.55. The standard InChI is InChI=1S/C12H12BrN3O2S/c1-8-7-9(4-5-10(8)14)19(17,18)16-11-3-2-6-15-12(11)13/h2-7,16H,14H2,1H3. The zero-order valence-corrected chi connectivity index (χ0v) is 12.5. The molecule has 0 saturated heterocycles. The minimum Gasteiger partial charge on any atom is -0.399 e. The van der Waals surface area contributed by atoms with Gasteiger partial charge in [-0.3, -0.25) is 4.72 Å². The molecule has 1 heterocycles. The molecule has 2 aromatic rings. The summed E-state index contributed by atoms with van der Waals surface area (Å²) in [7, 11) is -3.65. The van der Waals surface area contributed by atoms with Gasteiger partial charge in [-0.05, 0) is 58.7 Å². The first-order chi connectivity index (χ1) is 8.90. The van der Waals surface area contributed by atoms with Gasteiger partial charge in [0.25, 0.3) is 10.0 Å². The van der Waals surface area contributed by atoms with Gasteiger partial charge in [-0.1, -0.05) is 0 Å². The minimum absolute atomic E-state index is 0.162. The van der Waals surface area contributed by atoms with Crippen LogP contribution in [0.2, 0.25) is 0 Å². The molecule has 0 bridgehead atoms. The van der Waals surface area contributed by atoms with Crippen molar-refractivity contribution < 1.29 is 8.42 Å². The largest absolute Gasteiger partial charge is 0.399 e. The topological polar surface area (TPSA) is 85.1 Å². The number of halogens is 1. The molecule has 0 amide bonds. The number of sulfonamides is 1. The molecule has 0 saturated carbocycles. The molecule has 0 fully saturated rings. The summed E-state index contributed by atoms with van der Waals surface area (Å²) in [6.07, 6.45) is 1.56. The van der Waals surface area contributed by atoms with Crippen LogP contribution in [-0.4, -0.2) is 13.4 Å². The van der Waals surface area contributed by atoms with E-state index in [2.05, 4.69) is 25.6 Å². The van der Waals surface area contributed by atoms with Crippen molar-refractivity contribution in [1.82, 2.24) is 4.98 Å². The molecule has 0 spiro atoms. The van der Waals surface area contributed by atoms with Crippen molar-refractivity contribution in [3.63, 3.8) is 0 Å². The van der Waals surface area contributed by atoms with Crippen molar-refractivity contribution in [2.24, 2.45) is 0 Å². The van der Waals surface area contributed by atoms with Crippen molar-refractivity contribution in [3.8, 4) is 0 Å². The molecule has 3 N–H and O–H groups in total. The van der Waals surface area contributed by atoms with Crippen molar-refractivity contribution in [1.29, 1.82) is 0 Å². The molecule has 0 aliphatic heterocycles. The lowest BCUT2D eigenvalue weighted by Gasteiger charge is -2.10. The Morgan fingerprint density at radius 1 is 1.32 bits per heavy atom. The fourth-order valence-corrected chi connectivity index (χ4v) is 3.11. The van der Waals surface area contributed by atoms with Crippen LogP contribution in [0.25, 0.3) is 0 Å². The summed E-state index contributed by atoms with van der Waals surface area (Å²) in [6, 6.07) is 7.84. The van der Waals surface area contributed by atoms with Gasteiger partial charge in [-0.15, -0.1) is 0 Å². The summed E-state index contributed by atoms with van der Waals surface area (Å²) in [5.74, 6) is 0. The summed E-state index contributed by atoms with van der Waals surface area (Å²) >= 11 is 3.19. The molecule has 5 nitrogen and oxygen atoms in total. The lowest BCUT2D eigenvalue weighted by Crippen LogP contribution is -2.14. The highest BCUT2D eigenvalue weighted by Crippen LogP contribution is 2.23. The molecular formula is C12H12BrN3O2S. The van der Waals surface area contributed by atoms with Crippen molar-refractivity contribution in [3.05, 3.63) is 46.7 Å². The summed E-state index contributed by atoms with van der Waals surface area (Å²) in [4.78, 5) is 4.12. The van der Waals surface area contributed by atoms with Crippen LogP contribution in [0.5, 0.6) is 0 Å². The van der Waals surface area contributed by atoms with Gasteiger partial charge in [0.15, 0.2) is 0 Å². The SMILES string of the molecule is Cc1cc(S(=O)(=O)Nc2cccnc2Br)ccc1N. The maximum atomic E-state index is 12.2. The Morgan fingerprint density at radius 3 is 2.68 bits per heavy atom. The number of nitrogens with one attached hydrogen (secondary N) is 1. The Kier molecular flexibility index (Phi) is 3.77. The lowest BCUT2D eigenvalue weighted by atomic mass is 10.2. The normalized spacial score (nSPS) is 11.3. The number of rotatable bonds is 3. The Morgan fingerprint density at radius 2 is 2.05 bits per heavy atom. The monoisotopic (exact) mass is 341 g/mol. The number of hydrogen-bond acceptors (Lipinski definition) is 4. The molecule has 1 aromatic carbocycles. The van der Waals surface area contributed by atoms with Crippen LogP contribution in [0.3, 0.4) is 0 Å². The van der Waals surface area contributed by atoms with Gasteiger partial charge >= 0.3 is 0 Å². The predicted molar refractivity (Wildman–Crippen MR) is 78.3 cm³/mol. The second-order valence-corrected chi connectivity index (χ2v) is 6.40. The van der Waals surface area contributed by atoms with Gasteiger partial charge in [0.1, 0.15) is 4.60 Å². The molecule has 0 atom stereocenters. The first-order valence-electron chi connectivity index (χ1n) is 5.39. The number of nitrogen functional groups attached to an aromatic ring is 1. The molecule has 2 rings (SSSR count). The maximum Gasteiger partial charge on any atom is 0.261 e. The van der Waals surface area contributed by atoms with Gasteiger partial charge < -0.3 is 5.73 Å². The molecule has 19 heavy (non-hydrogen) atoms.